The fourth-order valence-corrected chi connectivity index (χ4v) is 9.01. The fraction of sp³-hybridized carbons (Fsp3) is 0. The van der Waals surface area contributed by atoms with Gasteiger partial charge in [-0.15, -0.1) is 47.5 Å². The van der Waals surface area contributed by atoms with E-state index < -0.39 is 0 Å². The molecule has 0 fully saturated rings. The van der Waals surface area contributed by atoms with Gasteiger partial charge in [0, 0.05) is 17.3 Å². The minimum absolute atomic E-state index is 0. The molecule has 0 radical (unpaired) electrons. The zero-order chi connectivity index (χ0) is 46.6. The van der Waals surface area contributed by atoms with Gasteiger partial charge in [-0.25, -0.2) is 0 Å². The van der Waals surface area contributed by atoms with Crippen molar-refractivity contribution in [3.8, 4) is 112 Å². The third kappa shape index (κ3) is 9.21. The molecule has 7 nitrogen and oxygen atoms in total. The van der Waals surface area contributed by atoms with Crippen LogP contribution in [0.25, 0.3) is 112 Å². The average Bonchev–Trinajstić information content (AvgIpc) is 4.16. The monoisotopic (exact) mass is 1090 g/mol. The van der Waals surface area contributed by atoms with Gasteiger partial charge in [-0.1, -0.05) is 140 Å². The van der Waals surface area contributed by atoms with Gasteiger partial charge < -0.3 is 4.98 Å². The number of rotatable bonds is 11. The van der Waals surface area contributed by atoms with Crippen LogP contribution in [0.3, 0.4) is 0 Å². The molecule has 3 aromatic heterocycles. The summed E-state index contributed by atoms with van der Waals surface area (Å²) in [5.41, 5.74) is 19.7. The molecule has 0 unspecified atom stereocenters. The van der Waals surface area contributed by atoms with Gasteiger partial charge >= 0.3 is 20.1 Å². The van der Waals surface area contributed by atoms with E-state index in [0.717, 1.165) is 101 Å². The van der Waals surface area contributed by atoms with E-state index >= 15 is 0 Å². The molecule has 71 heavy (non-hydrogen) atoms. The van der Waals surface area contributed by atoms with Crippen molar-refractivity contribution < 1.29 is 20.1 Å². The molecule has 12 aromatic rings. The molecule has 0 aliphatic heterocycles. The Bertz CT molecular complexity index is 3620. The Morgan fingerprint density at radius 3 is 1.23 bits per heavy atom. The van der Waals surface area contributed by atoms with Crippen LogP contribution in [-0.4, -0.2) is 35.0 Å². The van der Waals surface area contributed by atoms with Crippen LogP contribution in [0.5, 0.6) is 0 Å². The molecule has 8 heteroatoms. The van der Waals surface area contributed by atoms with Crippen molar-refractivity contribution in [2.75, 3.05) is 0 Å². The number of aromatic nitrogens is 7. The van der Waals surface area contributed by atoms with Crippen LogP contribution in [0.2, 0.25) is 0 Å². The van der Waals surface area contributed by atoms with Gasteiger partial charge in [0.25, 0.3) is 0 Å². The first-order chi connectivity index (χ1) is 34.7. The molecule has 12 rings (SSSR count). The quantitative estimate of drug-likeness (QED) is 0.121. The smallest absolute Gasteiger partial charge is 0.304 e. The summed E-state index contributed by atoms with van der Waals surface area (Å²) in [6.45, 7) is 0. The van der Waals surface area contributed by atoms with Crippen molar-refractivity contribution >= 4 is 0 Å². The van der Waals surface area contributed by atoms with Crippen LogP contribution in [0.4, 0.5) is 0 Å². The largest absolute Gasteiger partial charge is 3.00 e. The molecule has 0 saturated heterocycles. The number of hydrogen-bond donors (Lipinski definition) is 0. The van der Waals surface area contributed by atoms with Crippen LogP contribution >= 0.6 is 0 Å². The topological polar surface area (TPSA) is 74.3 Å². The van der Waals surface area contributed by atoms with Gasteiger partial charge in [-0.05, 0) is 96.5 Å². The van der Waals surface area contributed by atoms with Crippen LogP contribution < -0.4 is 0 Å². The minimum atomic E-state index is 0. The Kier molecular flexibility index (Phi) is 12.5. The summed E-state index contributed by atoms with van der Waals surface area (Å²) in [4.78, 5) is 8.30. The number of nitrogens with zero attached hydrogens (tertiary/aromatic N) is 7. The van der Waals surface area contributed by atoms with Crippen molar-refractivity contribution in [2.45, 2.75) is 0 Å². The minimum Gasteiger partial charge on any atom is -0.304 e. The normalized spacial score (nSPS) is 11.0. The summed E-state index contributed by atoms with van der Waals surface area (Å²) in [6.07, 6.45) is 5.60. The second kappa shape index (κ2) is 20.0. The number of hydrogen-bond acceptors (Lipinski definition) is 5. The number of benzene rings is 9. The zero-order valence-corrected chi connectivity index (χ0v) is 40.5. The Labute approximate surface area is 425 Å². The zero-order valence-electron chi connectivity index (χ0n) is 38.1. The van der Waals surface area contributed by atoms with E-state index in [2.05, 4.69) is 180 Å². The first-order valence-corrected chi connectivity index (χ1v) is 23.1. The van der Waals surface area contributed by atoms with E-state index in [1.54, 1.807) is 9.59 Å². The molecule has 0 N–H and O–H groups in total. The second-order valence-corrected chi connectivity index (χ2v) is 16.8. The van der Waals surface area contributed by atoms with Gasteiger partial charge in [0.2, 0.25) is 0 Å². The Morgan fingerprint density at radius 2 is 0.732 bits per heavy atom. The van der Waals surface area contributed by atoms with Crippen molar-refractivity contribution in [3.63, 3.8) is 0 Å². The molecular weight excluding hydrogens is 1050 g/mol. The van der Waals surface area contributed by atoms with E-state index in [1.165, 1.54) is 11.1 Å². The maximum Gasteiger partial charge on any atom is 3.00 e. The molecule has 0 spiro atoms. The van der Waals surface area contributed by atoms with Gasteiger partial charge in [-0.2, -0.15) is 78.5 Å². The predicted octanol–water partition coefficient (Wildman–Crippen LogP) is 14.6. The van der Waals surface area contributed by atoms with Gasteiger partial charge in [-0.3, -0.25) is 0 Å². The molecule has 3 heterocycles. The summed E-state index contributed by atoms with van der Waals surface area (Å²) >= 11 is 0. The third-order valence-corrected chi connectivity index (χ3v) is 12.5. The summed E-state index contributed by atoms with van der Waals surface area (Å²) in [6, 6.07) is 87.1. The molecule has 9 aromatic carbocycles. The van der Waals surface area contributed by atoms with Crippen LogP contribution in [0, 0.1) is 18.2 Å². The Balaban J connectivity index is 0.00000547. The average molecular weight is 1090 g/mol. The van der Waals surface area contributed by atoms with Crippen molar-refractivity contribution in [1.29, 1.82) is 0 Å². The van der Waals surface area contributed by atoms with Crippen molar-refractivity contribution in [2.24, 2.45) is 0 Å². The van der Waals surface area contributed by atoms with E-state index in [1.807, 2.05) is 91.4 Å². The fourth-order valence-electron chi connectivity index (χ4n) is 9.01. The Hall–Kier alpha value is -8.94. The molecule has 0 aliphatic rings. The second-order valence-electron chi connectivity index (χ2n) is 16.8. The van der Waals surface area contributed by atoms with Crippen LogP contribution in [-0.2, 0) is 20.1 Å². The SMILES string of the molecule is [Ir+3].[c-]1ccc(-c2ccc(-c3ccccc3)cc2)cc1-c1ccc(-c2ccccc2-c2cc(-c3ccccc3-c3cnn(-c4[c-]cccc4)n3)cc(-c3ccccc3-c3cnn(-c4[c-]cccc4)n3)c2)cn1. The third-order valence-electron chi connectivity index (χ3n) is 12.5. The number of para-hydroxylation sites is 2. The standard InChI is InChI=1S/C63H40N7.Ir/c1-4-17-44(18-5-1)45-31-33-46(34-32-45)47-19-16-20-48(37-47)61-36-35-49(41-64-61)55-25-10-11-26-56(55)50-38-51(57-27-12-14-29-59(57)62-42-65-69(67-62)53-21-6-2-7-22-53)40-52(39-50)58-28-13-15-30-60(58)63-43-66-70(68-63)54-23-8-3-9-24-54;/h1-19,21,23,25-43H;/q-3;+3. The molecule has 0 aliphatic carbocycles. The maximum absolute atomic E-state index is 5.05. The van der Waals surface area contributed by atoms with Crippen molar-refractivity contribution in [1.82, 2.24) is 35.0 Å². The molecule has 336 valence electrons. The van der Waals surface area contributed by atoms with Gasteiger partial charge in [0.15, 0.2) is 0 Å². The first kappa shape index (κ1) is 44.6. The predicted molar refractivity (Wildman–Crippen MR) is 280 cm³/mol. The summed E-state index contributed by atoms with van der Waals surface area (Å²) in [5, 5.41) is 19.2. The molecule has 0 atom stereocenters. The van der Waals surface area contributed by atoms with Crippen LogP contribution in [0.1, 0.15) is 0 Å². The maximum atomic E-state index is 5.05. The van der Waals surface area contributed by atoms with Crippen LogP contribution in [0.15, 0.2) is 243 Å². The van der Waals surface area contributed by atoms with E-state index in [9.17, 15) is 0 Å². The molecule has 0 bridgehead atoms. The molecule has 0 amide bonds. The van der Waals surface area contributed by atoms with E-state index in [-0.39, 0.29) is 20.1 Å². The van der Waals surface area contributed by atoms with Crippen molar-refractivity contribution in [3.05, 3.63) is 261 Å². The number of pyridine rings is 1. The summed E-state index contributed by atoms with van der Waals surface area (Å²) < 4.78 is 0. The van der Waals surface area contributed by atoms with Gasteiger partial charge in [0.05, 0.1) is 12.4 Å². The molecule has 0 saturated carbocycles. The summed E-state index contributed by atoms with van der Waals surface area (Å²) in [5.74, 6) is 0. The molecular formula is C63H40IrN7. The Morgan fingerprint density at radius 1 is 0.296 bits per heavy atom. The van der Waals surface area contributed by atoms with E-state index in [4.69, 9.17) is 15.2 Å². The summed E-state index contributed by atoms with van der Waals surface area (Å²) in [7, 11) is 0. The van der Waals surface area contributed by atoms with E-state index in [0.29, 0.717) is 0 Å². The van der Waals surface area contributed by atoms with Gasteiger partial charge in [0.1, 0.15) is 11.4 Å². The first-order valence-electron chi connectivity index (χ1n) is 23.1.